The maximum atomic E-state index is 12.7. The molecule has 5 heteroatoms. The lowest BCUT2D eigenvalue weighted by Gasteiger charge is -2.25. The molecule has 1 aromatic heterocycles. The monoisotopic (exact) mass is 320 g/mol. The van der Waals surface area contributed by atoms with Gasteiger partial charge in [-0.25, -0.2) is 0 Å². The Morgan fingerprint density at radius 1 is 1.29 bits per heavy atom. The third-order valence-electron chi connectivity index (χ3n) is 3.75. The van der Waals surface area contributed by atoms with E-state index in [0.717, 1.165) is 24.9 Å². The molecule has 1 fully saturated rings. The Labute approximate surface area is 133 Å². The van der Waals surface area contributed by atoms with Crippen LogP contribution in [-0.2, 0) is 0 Å². The molecule has 1 saturated heterocycles. The molecule has 0 radical (unpaired) electrons. The second-order valence-corrected chi connectivity index (χ2v) is 5.91. The number of carbonyl (C=O) groups is 1. The summed E-state index contributed by atoms with van der Waals surface area (Å²) in [6, 6.07) is 9.36. The average molecular weight is 321 g/mol. The Morgan fingerprint density at radius 3 is 2.90 bits per heavy atom. The van der Waals surface area contributed by atoms with Crippen molar-refractivity contribution in [1.82, 2.24) is 9.88 Å². The van der Waals surface area contributed by atoms with E-state index in [-0.39, 0.29) is 11.9 Å². The summed E-state index contributed by atoms with van der Waals surface area (Å²) in [5, 5.41) is 1.12. The summed E-state index contributed by atoms with van der Waals surface area (Å²) in [5.41, 5.74) is 1.52. The molecule has 1 aliphatic heterocycles. The fourth-order valence-corrected chi connectivity index (χ4v) is 3.14. The number of hydrogen-bond acceptors (Lipinski definition) is 2. The molecule has 3 rings (SSSR count). The van der Waals surface area contributed by atoms with Crippen molar-refractivity contribution in [2.45, 2.75) is 18.9 Å². The number of amides is 1. The van der Waals surface area contributed by atoms with Crippen LogP contribution >= 0.6 is 23.2 Å². The fraction of sp³-hybridized carbons (Fsp3) is 0.250. The summed E-state index contributed by atoms with van der Waals surface area (Å²) in [6.45, 7) is 0.723. The molecule has 0 aliphatic carbocycles. The minimum atomic E-state index is -0.0735. The molecule has 1 atom stereocenters. The molecule has 0 spiro atoms. The topological polar surface area (TPSA) is 33.2 Å². The molecule has 3 nitrogen and oxygen atoms in total. The zero-order valence-corrected chi connectivity index (χ0v) is 12.8. The van der Waals surface area contributed by atoms with Crippen molar-refractivity contribution >= 4 is 29.1 Å². The number of benzene rings is 1. The van der Waals surface area contributed by atoms with E-state index in [1.807, 2.05) is 29.2 Å². The van der Waals surface area contributed by atoms with E-state index in [9.17, 15) is 4.79 Å². The van der Waals surface area contributed by atoms with Crippen molar-refractivity contribution < 1.29 is 4.79 Å². The van der Waals surface area contributed by atoms with Crippen molar-refractivity contribution in [3.8, 4) is 0 Å². The molecule has 0 N–H and O–H groups in total. The van der Waals surface area contributed by atoms with Gasteiger partial charge in [0.25, 0.3) is 5.91 Å². The first-order chi connectivity index (χ1) is 10.2. The van der Waals surface area contributed by atoms with Gasteiger partial charge in [0.2, 0.25) is 0 Å². The molecule has 2 aromatic rings. The SMILES string of the molecule is O=C(c1cnccc1Cl)N1CCCC1c1cccc(Cl)c1. The van der Waals surface area contributed by atoms with Crippen molar-refractivity contribution in [1.29, 1.82) is 0 Å². The molecule has 1 unspecified atom stereocenters. The highest BCUT2D eigenvalue weighted by Crippen LogP contribution is 2.34. The lowest BCUT2D eigenvalue weighted by atomic mass is 10.0. The molecule has 1 aliphatic rings. The second kappa shape index (κ2) is 6.04. The van der Waals surface area contributed by atoms with Gasteiger partial charge in [0.1, 0.15) is 0 Å². The summed E-state index contributed by atoms with van der Waals surface area (Å²) in [4.78, 5) is 18.6. The fourth-order valence-electron chi connectivity index (χ4n) is 2.76. The third kappa shape index (κ3) is 2.89. The first-order valence-electron chi connectivity index (χ1n) is 6.83. The average Bonchev–Trinajstić information content (AvgIpc) is 2.96. The minimum absolute atomic E-state index is 0.0486. The van der Waals surface area contributed by atoms with Crippen LogP contribution in [0.25, 0.3) is 0 Å². The van der Waals surface area contributed by atoms with E-state index in [0.29, 0.717) is 15.6 Å². The van der Waals surface area contributed by atoms with Crippen molar-refractivity contribution in [3.63, 3.8) is 0 Å². The number of pyridine rings is 1. The zero-order valence-electron chi connectivity index (χ0n) is 11.3. The largest absolute Gasteiger partial charge is 0.332 e. The molecule has 1 aromatic carbocycles. The standard InChI is InChI=1S/C16H14Cl2N2O/c17-12-4-1-3-11(9-12)15-5-2-8-20(15)16(21)13-10-19-7-6-14(13)18/h1,3-4,6-7,9-10,15H,2,5,8H2. The number of carbonyl (C=O) groups excluding carboxylic acids is 1. The summed E-state index contributed by atoms with van der Waals surface area (Å²) in [6.07, 6.45) is 5.01. The first-order valence-corrected chi connectivity index (χ1v) is 7.58. The van der Waals surface area contributed by atoms with Crippen molar-refractivity contribution in [2.24, 2.45) is 0 Å². The Morgan fingerprint density at radius 2 is 2.14 bits per heavy atom. The normalized spacial score (nSPS) is 18.0. The van der Waals surface area contributed by atoms with Crippen LogP contribution in [0.15, 0.2) is 42.7 Å². The van der Waals surface area contributed by atoms with Gasteiger partial charge in [0, 0.05) is 24.0 Å². The number of aromatic nitrogens is 1. The summed E-state index contributed by atoms with van der Waals surface area (Å²) in [7, 11) is 0. The van der Waals surface area contributed by atoms with Crippen LogP contribution < -0.4 is 0 Å². The van der Waals surface area contributed by atoms with Crippen molar-refractivity contribution in [3.05, 3.63) is 63.9 Å². The number of nitrogens with zero attached hydrogens (tertiary/aromatic N) is 2. The van der Waals surface area contributed by atoms with Gasteiger partial charge in [-0.2, -0.15) is 0 Å². The summed E-state index contributed by atoms with van der Waals surface area (Å²) < 4.78 is 0. The molecule has 0 saturated carbocycles. The third-order valence-corrected chi connectivity index (χ3v) is 4.31. The van der Waals surface area contributed by atoms with Gasteiger partial charge >= 0.3 is 0 Å². The predicted molar refractivity (Wildman–Crippen MR) is 83.7 cm³/mol. The molecule has 0 bridgehead atoms. The molecular weight excluding hydrogens is 307 g/mol. The number of likely N-dealkylation sites (tertiary alicyclic amines) is 1. The van der Waals surface area contributed by atoms with Crippen LogP contribution in [-0.4, -0.2) is 22.3 Å². The van der Waals surface area contributed by atoms with Crippen LogP contribution in [0.3, 0.4) is 0 Å². The van der Waals surface area contributed by atoms with Gasteiger partial charge in [0.15, 0.2) is 0 Å². The predicted octanol–water partition coefficient (Wildman–Crippen LogP) is 4.37. The van der Waals surface area contributed by atoms with Gasteiger partial charge in [-0.1, -0.05) is 35.3 Å². The number of halogens is 2. The van der Waals surface area contributed by atoms with Gasteiger partial charge < -0.3 is 4.90 Å². The number of hydrogen-bond donors (Lipinski definition) is 0. The van der Waals surface area contributed by atoms with Crippen LogP contribution in [0.1, 0.15) is 34.8 Å². The summed E-state index contributed by atoms with van der Waals surface area (Å²) in [5.74, 6) is -0.0735. The zero-order chi connectivity index (χ0) is 14.8. The van der Waals surface area contributed by atoms with E-state index in [4.69, 9.17) is 23.2 Å². The first kappa shape index (κ1) is 14.4. The summed E-state index contributed by atoms with van der Waals surface area (Å²) >= 11 is 12.2. The van der Waals surface area contributed by atoms with Crippen LogP contribution in [0.2, 0.25) is 10.0 Å². The highest BCUT2D eigenvalue weighted by atomic mass is 35.5. The number of rotatable bonds is 2. The van der Waals surface area contributed by atoms with Gasteiger partial charge in [-0.15, -0.1) is 0 Å². The Hall–Kier alpha value is -1.58. The molecule has 21 heavy (non-hydrogen) atoms. The molecule has 2 heterocycles. The van der Waals surface area contributed by atoms with Crippen LogP contribution in [0.5, 0.6) is 0 Å². The highest BCUT2D eigenvalue weighted by Gasteiger charge is 2.31. The van der Waals surface area contributed by atoms with E-state index < -0.39 is 0 Å². The van der Waals surface area contributed by atoms with Crippen LogP contribution in [0.4, 0.5) is 0 Å². The van der Waals surface area contributed by atoms with E-state index in [1.54, 1.807) is 12.3 Å². The van der Waals surface area contributed by atoms with E-state index in [2.05, 4.69) is 4.98 Å². The Balaban J connectivity index is 1.91. The minimum Gasteiger partial charge on any atom is -0.332 e. The van der Waals surface area contributed by atoms with Crippen molar-refractivity contribution in [2.75, 3.05) is 6.54 Å². The Kier molecular flexibility index (Phi) is 4.13. The van der Waals surface area contributed by atoms with Gasteiger partial charge in [0.05, 0.1) is 16.6 Å². The van der Waals surface area contributed by atoms with E-state index in [1.165, 1.54) is 6.20 Å². The maximum absolute atomic E-state index is 12.7. The van der Waals surface area contributed by atoms with Crippen LogP contribution in [0, 0.1) is 0 Å². The van der Waals surface area contributed by atoms with Gasteiger partial charge in [-0.3, -0.25) is 9.78 Å². The quantitative estimate of drug-likeness (QED) is 0.823. The lowest BCUT2D eigenvalue weighted by molar-refractivity contribution is 0.0735. The van der Waals surface area contributed by atoms with Gasteiger partial charge in [-0.05, 0) is 36.6 Å². The van der Waals surface area contributed by atoms with E-state index >= 15 is 0 Å². The molecular formula is C16H14Cl2N2O. The Bertz CT molecular complexity index is 675. The smallest absolute Gasteiger partial charge is 0.257 e. The molecule has 108 valence electrons. The highest BCUT2D eigenvalue weighted by molar-refractivity contribution is 6.33. The molecule has 1 amide bonds. The maximum Gasteiger partial charge on any atom is 0.257 e. The second-order valence-electron chi connectivity index (χ2n) is 5.07. The lowest BCUT2D eigenvalue weighted by Crippen LogP contribution is -2.30.